The molecule has 274 valence electrons. The summed E-state index contributed by atoms with van der Waals surface area (Å²) in [4.78, 5) is 34.8. The number of fused-ring (bicyclic) bond motifs is 4. The third-order valence-electron chi connectivity index (χ3n) is 10.2. The van der Waals surface area contributed by atoms with Gasteiger partial charge in [0.05, 0.1) is 0 Å². The van der Waals surface area contributed by atoms with Crippen LogP contribution in [0.5, 0.6) is 0 Å². The fourth-order valence-electron chi connectivity index (χ4n) is 7.39. The van der Waals surface area contributed by atoms with E-state index >= 15 is 0 Å². The lowest BCUT2D eigenvalue weighted by Crippen LogP contribution is -2.58. The molecule has 0 saturated heterocycles. The average molecular weight is 781 g/mol. The number of aromatic nitrogens is 6. The third kappa shape index (κ3) is 6.78. The molecule has 2 aliphatic heterocycles. The summed E-state index contributed by atoms with van der Waals surface area (Å²) in [5.74, 6) is 3.86. The first-order valence-corrected chi connectivity index (χ1v) is 20.6. The molecule has 6 nitrogen and oxygen atoms in total. The van der Waals surface area contributed by atoms with Crippen LogP contribution in [0, 0.1) is 0 Å². The van der Waals surface area contributed by atoms with Crippen LogP contribution in [-0.2, 0) is 0 Å². The SMILES string of the molecule is C=C/C=C\C=C(/C)c1nc(-c2ccccc2)nc(-c2ccc3c(c2)Sc2cccc4c2B3c2ccc(-c3nc(-c5ccccc5)nc(-c5ccccc5)n3)cc2S4)n1. The first kappa shape index (κ1) is 35.7. The maximum absolute atomic E-state index is 5.03. The number of hydrogen-bond acceptors (Lipinski definition) is 8. The first-order valence-electron chi connectivity index (χ1n) is 19.0. The lowest BCUT2D eigenvalue weighted by molar-refractivity contribution is 1.03. The fourth-order valence-corrected chi connectivity index (χ4v) is 9.88. The van der Waals surface area contributed by atoms with Gasteiger partial charge >= 0.3 is 0 Å². The van der Waals surface area contributed by atoms with Gasteiger partial charge in [-0.05, 0) is 42.2 Å². The summed E-state index contributed by atoms with van der Waals surface area (Å²) in [6.07, 6.45) is 7.60. The summed E-state index contributed by atoms with van der Waals surface area (Å²) in [7, 11) is 0. The summed E-state index contributed by atoms with van der Waals surface area (Å²) in [6.45, 7) is 5.88. The Bertz CT molecular complexity index is 2880. The zero-order valence-corrected chi connectivity index (χ0v) is 33.1. The average Bonchev–Trinajstić information content (AvgIpc) is 3.29. The van der Waals surface area contributed by atoms with Crippen molar-refractivity contribution < 1.29 is 0 Å². The van der Waals surface area contributed by atoms with E-state index in [0.717, 1.165) is 33.4 Å². The van der Waals surface area contributed by atoms with Gasteiger partial charge in [0.1, 0.15) is 0 Å². The van der Waals surface area contributed by atoms with Crippen LogP contribution in [0.2, 0.25) is 0 Å². The zero-order valence-electron chi connectivity index (χ0n) is 31.5. The van der Waals surface area contributed by atoms with Crippen LogP contribution in [0.15, 0.2) is 196 Å². The molecule has 0 aliphatic carbocycles. The largest absolute Gasteiger partial charge is 0.247 e. The minimum absolute atomic E-state index is 0.0653. The Balaban J connectivity index is 1.07. The van der Waals surface area contributed by atoms with E-state index in [1.54, 1.807) is 6.08 Å². The fraction of sp³-hybridized carbons (Fsp3) is 0.0204. The van der Waals surface area contributed by atoms with E-state index in [9.17, 15) is 0 Å². The lowest BCUT2D eigenvalue weighted by atomic mass is 9.36. The van der Waals surface area contributed by atoms with Crippen molar-refractivity contribution in [3.63, 3.8) is 0 Å². The second kappa shape index (κ2) is 15.3. The molecule has 0 fully saturated rings. The monoisotopic (exact) mass is 780 g/mol. The third-order valence-corrected chi connectivity index (χ3v) is 12.5. The predicted octanol–water partition coefficient (Wildman–Crippen LogP) is 9.98. The van der Waals surface area contributed by atoms with Crippen LogP contribution in [0.3, 0.4) is 0 Å². The molecular formula is C49H33BN6S2. The van der Waals surface area contributed by atoms with E-state index in [2.05, 4.69) is 61.2 Å². The van der Waals surface area contributed by atoms with Crippen LogP contribution in [0.25, 0.3) is 62.5 Å². The number of benzene rings is 6. The van der Waals surface area contributed by atoms with Crippen LogP contribution in [-0.4, -0.2) is 36.6 Å². The van der Waals surface area contributed by atoms with E-state index in [4.69, 9.17) is 29.9 Å². The van der Waals surface area contributed by atoms with E-state index in [1.807, 2.05) is 140 Å². The van der Waals surface area contributed by atoms with Crippen LogP contribution < -0.4 is 16.4 Å². The number of allylic oxidation sites excluding steroid dienone is 5. The molecule has 10 rings (SSSR count). The molecule has 0 unspecified atom stereocenters. The van der Waals surface area contributed by atoms with Crippen LogP contribution in [0.4, 0.5) is 0 Å². The maximum Gasteiger partial charge on any atom is 0.247 e. The molecule has 2 aromatic heterocycles. The van der Waals surface area contributed by atoms with Crippen molar-refractivity contribution in [3.05, 3.63) is 182 Å². The van der Waals surface area contributed by atoms with Crippen LogP contribution in [0.1, 0.15) is 12.7 Å². The maximum atomic E-state index is 5.03. The van der Waals surface area contributed by atoms with Crippen molar-refractivity contribution in [2.75, 3.05) is 0 Å². The Morgan fingerprint density at radius 2 is 0.897 bits per heavy atom. The molecule has 58 heavy (non-hydrogen) atoms. The summed E-state index contributed by atoms with van der Waals surface area (Å²) < 4.78 is 0. The minimum Gasteiger partial charge on any atom is -0.209 e. The minimum atomic E-state index is 0.0653. The molecular weight excluding hydrogens is 748 g/mol. The predicted molar refractivity (Wildman–Crippen MR) is 239 cm³/mol. The highest BCUT2D eigenvalue weighted by Gasteiger charge is 2.38. The Morgan fingerprint density at radius 3 is 1.36 bits per heavy atom. The lowest BCUT2D eigenvalue weighted by Gasteiger charge is -2.33. The highest BCUT2D eigenvalue weighted by Crippen LogP contribution is 2.40. The summed E-state index contributed by atoms with van der Waals surface area (Å²) in [5.41, 5.74) is 9.57. The molecule has 0 radical (unpaired) electrons. The second-order valence-electron chi connectivity index (χ2n) is 14.0. The summed E-state index contributed by atoms with van der Waals surface area (Å²) in [6, 6.07) is 50.3. The van der Waals surface area contributed by atoms with Gasteiger partial charge in [-0.3, -0.25) is 0 Å². The van der Waals surface area contributed by atoms with Crippen molar-refractivity contribution in [1.82, 2.24) is 29.9 Å². The van der Waals surface area contributed by atoms with Gasteiger partial charge in [0.2, 0.25) is 6.71 Å². The Labute approximate surface area is 346 Å². The normalized spacial score (nSPS) is 12.8. The van der Waals surface area contributed by atoms with Gasteiger partial charge < -0.3 is 0 Å². The van der Waals surface area contributed by atoms with Crippen molar-refractivity contribution >= 4 is 52.2 Å². The Kier molecular flexibility index (Phi) is 9.45. The van der Waals surface area contributed by atoms with Gasteiger partial charge in [0.25, 0.3) is 0 Å². The van der Waals surface area contributed by atoms with E-state index in [1.165, 1.54) is 36.0 Å². The second-order valence-corrected chi connectivity index (χ2v) is 16.2. The van der Waals surface area contributed by atoms with Crippen molar-refractivity contribution in [2.45, 2.75) is 26.5 Å². The molecule has 6 aromatic carbocycles. The van der Waals surface area contributed by atoms with E-state index in [-0.39, 0.29) is 6.71 Å². The standard InChI is InChI=1S/C49H33BN6S2/c1-3-4-8-16-31(2)44-51-45(32-17-9-5-10-18-32)54-48(52-44)35-25-27-37-41(29-35)57-39-23-15-24-40-43(39)50(37)38-28-26-36(30-42(38)58-40)49-55-46(33-19-11-6-12-20-33)53-47(56-49)34-21-13-7-14-22-34/h3-30H,1H2,2H3/b8-4-,31-16+. The summed E-state index contributed by atoms with van der Waals surface area (Å²) >= 11 is 3.63. The van der Waals surface area contributed by atoms with Gasteiger partial charge in [0.15, 0.2) is 34.9 Å². The molecule has 8 aromatic rings. The van der Waals surface area contributed by atoms with Gasteiger partial charge in [-0.2, -0.15) is 0 Å². The summed E-state index contributed by atoms with van der Waals surface area (Å²) in [5, 5.41) is 0. The van der Waals surface area contributed by atoms with Gasteiger partial charge in [-0.25, -0.2) is 29.9 Å². The Morgan fingerprint density at radius 1 is 0.466 bits per heavy atom. The number of hydrogen-bond donors (Lipinski definition) is 0. The van der Waals surface area contributed by atoms with Crippen LogP contribution >= 0.6 is 23.5 Å². The van der Waals surface area contributed by atoms with Gasteiger partial charge in [0, 0.05) is 47.4 Å². The quantitative estimate of drug-likeness (QED) is 0.111. The number of nitrogens with zero attached hydrogens (tertiary/aromatic N) is 6. The number of rotatable bonds is 8. The molecule has 0 spiro atoms. The molecule has 0 bridgehead atoms. The molecule has 4 heterocycles. The van der Waals surface area contributed by atoms with E-state index in [0.29, 0.717) is 34.9 Å². The first-order chi connectivity index (χ1) is 28.6. The van der Waals surface area contributed by atoms with Crippen molar-refractivity contribution in [3.8, 4) is 56.9 Å². The van der Waals surface area contributed by atoms with Gasteiger partial charge in [-0.15, -0.1) is 0 Å². The highest BCUT2D eigenvalue weighted by molar-refractivity contribution is 8.01. The molecule has 9 heteroatoms. The topological polar surface area (TPSA) is 77.3 Å². The van der Waals surface area contributed by atoms with Gasteiger partial charge in [-0.1, -0.05) is 187 Å². The smallest absolute Gasteiger partial charge is 0.209 e. The molecule has 0 atom stereocenters. The molecule has 2 aliphatic rings. The van der Waals surface area contributed by atoms with Crippen molar-refractivity contribution in [1.29, 1.82) is 0 Å². The van der Waals surface area contributed by atoms with Crippen molar-refractivity contribution in [2.24, 2.45) is 0 Å². The highest BCUT2D eigenvalue weighted by atomic mass is 32.2. The zero-order chi connectivity index (χ0) is 39.0. The molecule has 0 amide bonds. The molecule has 0 N–H and O–H groups in total. The van der Waals surface area contributed by atoms with E-state index < -0.39 is 0 Å². The Hall–Kier alpha value is -6.68. The molecule has 0 saturated carbocycles.